The third kappa shape index (κ3) is 4.13. The Hall–Kier alpha value is -4.20. The van der Waals surface area contributed by atoms with E-state index in [-0.39, 0.29) is 6.04 Å². The summed E-state index contributed by atoms with van der Waals surface area (Å²) in [6.45, 7) is 4.15. The van der Waals surface area contributed by atoms with Crippen molar-refractivity contribution in [2.45, 2.75) is 19.9 Å². The van der Waals surface area contributed by atoms with Crippen LogP contribution in [-0.2, 0) is 0 Å². The number of benzene rings is 4. The first-order valence-electron chi connectivity index (χ1n) is 13.0. The molecule has 4 aromatic carbocycles. The number of nitrogens with zero attached hydrogens (tertiary/aromatic N) is 5. The lowest BCUT2D eigenvalue weighted by Gasteiger charge is -2.40. The Kier molecular flexibility index (Phi) is 6.06. The van der Waals surface area contributed by atoms with Crippen LogP contribution in [-0.4, -0.2) is 21.5 Å². The van der Waals surface area contributed by atoms with E-state index in [4.69, 9.17) is 26.7 Å². The Morgan fingerprint density at radius 2 is 1.50 bits per heavy atom. The minimum atomic E-state index is -0.198. The first kappa shape index (κ1) is 24.8. The molecule has 0 spiro atoms. The molecule has 0 saturated heterocycles. The smallest absolute Gasteiger partial charge is 0.179 e. The fourth-order valence-electron chi connectivity index (χ4n) is 5.40. The van der Waals surface area contributed by atoms with E-state index in [0.29, 0.717) is 10.9 Å². The Labute approximate surface area is 245 Å². The van der Waals surface area contributed by atoms with Crippen molar-refractivity contribution in [2.75, 3.05) is 10.2 Å². The lowest BCUT2D eigenvalue weighted by molar-refractivity contribution is 0.815. The molecule has 6 nitrogen and oxygen atoms in total. The highest BCUT2D eigenvalue weighted by Crippen LogP contribution is 2.48. The van der Waals surface area contributed by atoms with Crippen LogP contribution in [0.3, 0.4) is 0 Å². The molecule has 1 atom stereocenters. The number of amidine groups is 2. The summed E-state index contributed by atoms with van der Waals surface area (Å²) in [5.41, 5.74) is 7.94. The van der Waals surface area contributed by atoms with Gasteiger partial charge >= 0.3 is 0 Å². The van der Waals surface area contributed by atoms with Gasteiger partial charge in [0.1, 0.15) is 0 Å². The van der Waals surface area contributed by atoms with Crippen LogP contribution in [0, 0.1) is 13.8 Å². The molecule has 3 heterocycles. The number of aliphatic imine (C=N–C) groups is 2. The van der Waals surface area contributed by atoms with Gasteiger partial charge in [-0.05, 0) is 79.6 Å². The van der Waals surface area contributed by atoms with Gasteiger partial charge in [-0.3, -0.25) is 0 Å². The van der Waals surface area contributed by atoms with Gasteiger partial charge in [0.2, 0.25) is 0 Å². The molecule has 7 rings (SSSR count). The lowest BCUT2D eigenvalue weighted by atomic mass is 9.93. The molecule has 0 bridgehead atoms. The van der Waals surface area contributed by atoms with E-state index < -0.39 is 0 Å². The highest BCUT2D eigenvalue weighted by molar-refractivity contribution is 9.10. The van der Waals surface area contributed by atoms with E-state index in [1.54, 1.807) is 0 Å². The molecule has 196 valence electrons. The van der Waals surface area contributed by atoms with Gasteiger partial charge in [-0.1, -0.05) is 70.0 Å². The zero-order chi connectivity index (χ0) is 27.4. The van der Waals surface area contributed by atoms with Crippen LogP contribution >= 0.6 is 27.5 Å². The predicted molar refractivity (Wildman–Crippen MR) is 167 cm³/mol. The fourth-order valence-corrected chi connectivity index (χ4v) is 5.79. The minimum Gasteiger partial charge on any atom is -0.337 e. The summed E-state index contributed by atoms with van der Waals surface area (Å²) in [4.78, 5) is 12.6. The zero-order valence-electron chi connectivity index (χ0n) is 21.8. The molecule has 1 aromatic heterocycles. The summed E-state index contributed by atoms with van der Waals surface area (Å²) in [6, 6.07) is 32.3. The molecule has 0 amide bonds. The number of para-hydroxylation sites is 3. The first-order valence-corrected chi connectivity index (χ1v) is 14.1. The molecule has 2 aliphatic heterocycles. The van der Waals surface area contributed by atoms with Crippen LogP contribution in [0.1, 0.15) is 28.4 Å². The molecule has 2 aliphatic rings. The van der Waals surface area contributed by atoms with Gasteiger partial charge in [-0.15, -0.1) is 0 Å². The number of hydrogen-bond donors (Lipinski definition) is 1. The second kappa shape index (κ2) is 9.77. The van der Waals surface area contributed by atoms with Crippen LogP contribution in [0.5, 0.6) is 0 Å². The van der Waals surface area contributed by atoms with Crippen LogP contribution < -0.4 is 10.2 Å². The van der Waals surface area contributed by atoms with Crippen molar-refractivity contribution in [1.82, 2.24) is 9.78 Å². The van der Waals surface area contributed by atoms with Gasteiger partial charge in [-0.25, -0.2) is 14.7 Å². The van der Waals surface area contributed by atoms with Crippen molar-refractivity contribution in [3.63, 3.8) is 0 Å². The van der Waals surface area contributed by atoms with Crippen molar-refractivity contribution >= 4 is 62.1 Å². The van der Waals surface area contributed by atoms with Gasteiger partial charge in [0.15, 0.2) is 17.5 Å². The molecule has 40 heavy (non-hydrogen) atoms. The Morgan fingerprint density at radius 3 is 2.25 bits per heavy atom. The van der Waals surface area contributed by atoms with E-state index in [0.717, 1.165) is 61.3 Å². The van der Waals surface area contributed by atoms with Crippen LogP contribution in [0.15, 0.2) is 112 Å². The SMILES string of the molecule is Cc1ccccc1-n1nc(C)c2c1N=C1C(Nc3ccc(Br)cc3)=Nc3ccccc3N1C2c1ccc(Cl)cc1. The average Bonchev–Trinajstić information content (AvgIpc) is 3.29. The van der Waals surface area contributed by atoms with E-state index in [1.807, 2.05) is 71.4 Å². The van der Waals surface area contributed by atoms with Crippen molar-refractivity contribution in [1.29, 1.82) is 0 Å². The quantitative estimate of drug-likeness (QED) is 0.223. The van der Waals surface area contributed by atoms with E-state index in [2.05, 4.69) is 70.3 Å². The molecule has 0 aliphatic carbocycles. The summed E-state index contributed by atoms with van der Waals surface area (Å²) in [6.07, 6.45) is 0. The molecule has 5 aromatic rings. The summed E-state index contributed by atoms with van der Waals surface area (Å²) >= 11 is 9.87. The normalized spacial score (nSPS) is 15.5. The fraction of sp³-hybridized carbons (Fsp3) is 0.0938. The highest BCUT2D eigenvalue weighted by atomic mass is 79.9. The Bertz CT molecular complexity index is 1820. The molecule has 0 saturated carbocycles. The second-order valence-electron chi connectivity index (χ2n) is 9.86. The topological polar surface area (TPSA) is 57.8 Å². The molecule has 0 fully saturated rings. The van der Waals surface area contributed by atoms with E-state index in [1.165, 1.54) is 0 Å². The van der Waals surface area contributed by atoms with E-state index in [9.17, 15) is 0 Å². The van der Waals surface area contributed by atoms with Crippen molar-refractivity contribution in [2.24, 2.45) is 9.98 Å². The summed E-state index contributed by atoms with van der Waals surface area (Å²) < 4.78 is 2.97. The zero-order valence-corrected chi connectivity index (χ0v) is 24.1. The summed E-state index contributed by atoms with van der Waals surface area (Å²) in [5, 5.41) is 9.28. The van der Waals surface area contributed by atoms with Gasteiger partial charge in [0, 0.05) is 20.7 Å². The number of anilines is 2. The van der Waals surface area contributed by atoms with E-state index >= 15 is 0 Å². The number of aryl methyl sites for hydroxylation is 2. The van der Waals surface area contributed by atoms with Gasteiger partial charge < -0.3 is 10.2 Å². The standard InChI is InChI=1S/C32H24BrClN6/c1-19-7-3-5-9-26(19)40-31-28(20(2)38-40)29(21-11-15-23(34)16-12-21)39-27-10-6-4-8-25(27)36-30(32(39)37-31)35-24-17-13-22(33)14-18-24/h3-18,29H,1-2H3,(H,35,36). The minimum absolute atomic E-state index is 0.198. The highest BCUT2D eigenvalue weighted by Gasteiger charge is 2.41. The summed E-state index contributed by atoms with van der Waals surface area (Å²) in [7, 11) is 0. The number of halogens is 2. The number of rotatable bonds is 3. The van der Waals surface area contributed by atoms with Crippen molar-refractivity contribution in [3.05, 3.63) is 129 Å². The molecule has 1 N–H and O–H groups in total. The first-order chi connectivity index (χ1) is 19.5. The van der Waals surface area contributed by atoms with Crippen molar-refractivity contribution in [3.8, 4) is 5.69 Å². The Morgan fingerprint density at radius 1 is 0.800 bits per heavy atom. The predicted octanol–water partition coefficient (Wildman–Crippen LogP) is 8.70. The molecule has 8 heteroatoms. The lowest BCUT2D eigenvalue weighted by Crippen LogP contribution is -2.46. The van der Waals surface area contributed by atoms with Gasteiger partial charge in [0.25, 0.3) is 0 Å². The molecular formula is C32H24BrClN6. The Balaban J connectivity index is 1.50. The van der Waals surface area contributed by atoms with Crippen LogP contribution in [0.2, 0.25) is 5.02 Å². The second-order valence-corrected chi connectivity index (χ2v) is 11.2. The maximum Gasteiger partial charge on any atom is 0.179 e. The maximum absolute atomic E-state index is 6.34. The largest absolute Gasteiger partial charge is 0.337 e. The third-order valence-electron chi connectivity index (χ3n) is 7.27. The third-order valence-corrected chi connectivity index (χ3v) is 8.06. The number of aromatic nitrogens is 2. The number of nitrogens with one attached hydrogen (secondary N) is 1. The summed E-state index contributed by atoms with van der Waals surface area (Å²) in [5.74, 6) is 2.19. The monoisotopic (exact) mass is 606 g/mol. The average molecular weight is 608 g/mol. The van der Waals surface area contributed by atoms with Crippen LogP contribution in [0.4, 0.5) is 22.9 Å². The van der Waals surface area contributed by atoms with Crippen LogP contribution in [0.25, 0.3) is 5.69 Å². The molecule has 1 unspecified atom stereocenters. The number of fused-ring (bicyclic) bond motifs is 4. The maximum atomic E-state index is 6.34. The molecule has 0 radical (unpaired) electrons. The number of hydrogen-bond acceptors (Lipinski definition) is 5. The molecular weight excluding hydrogens is 584 g/mol. The van der Waals surface area contributed by atoms with Crippen molar-refractivity contribution < 1.29 is 0 Å². The van der Waals surface area contributed by atoms with Gasteiger partial charge in [-0.2, -0.15) is 5.10 Å². The van der Waals surface area contributed by atoms with Gasteiger partial charge in [0.05, 0.1) is 28.8 Å².